The van der Waals surface area contributed by atoms with Crippen LogP contribution in [0.3, 0.4) is 0 Å². The molecular weight excluding hydrogens is 322 g/mol. The van der Waals surface area contributed by atoms with Crippen LogP contribution in [0.4, 0.5) is 0 Å². The molecule has 4 nitrogen and oxygen atoms in total. The molecule has 0 saturated carbocycles. The van der Waals surface area contributed by atoms with Gasteiger partial charge < -0.3 is 9.73 Å². The lowest BCUT2D eigenvalue weighted by atomic mass is 10.2. The number of para-hydroxylation sites is 2. The first-order valence-electron chi connectivity index (χ1n) is 7.76. The quantitative estimate of drug-likeness (QED) is 0.580. The molecule has 1 N–H and O–H groups in total. The summed E-state index contributed by atoms with van der Waals surface area (Å²) in [6.07, 6.45) is 3.60. The van der Waals surface area contributed by atoms with E-state index in [2.05, 4.69) is 16.5 Å². The van der Waals surface area contributed by atoms with E-state index in [1.54, 1.807) is 17.1 Å². The zero-order valence-corrected chi connectivity index (χ0v) is 13.7. The smallest absolute Gasteiger partial charge is 0.137 e. The molecule has 0 fully saturated rings. The Balaban J connectivity index is 1.46. The molecule has 0 aliphatic heterocycles. The molecular formula is C19H16ClN3O. The van der Waals surface area contributed by atoms with Gasteiger partial charge in [0.05, 0.1) is 18.1 Å². The van der Waals surface area contributed by atoms with Gasteiger partial charge in [-0.15, -0.1) is 0 Å². The van der Waals surface area contributed by atoms with E-state index in [4.69, 9.17) is 16.0 Å². The molecule has 0 atom stereocenters. The largest absolute Gasteiger partial charge is 0.464 e. The first-order valence-corrected chi connectivity index (χ1v) is 8.14. The summed E-state index contributed by atoms with van der Waals surface area (Å²) in [6, 6.07) is 17.9. The second-order valence-corrected chi connectivity index (χ2v) is 5.93. The summed E-state index contributed by atoms with van der Waals surface area (Å²) in [5, 5.41) is 9.55. The first kappa shape index (κ1) is 15.0. The van der Waals surface area contributed by atoms with Crippen molar-refractivity contribution in [2.45, 2.75) is 13.1 Å². The van der Waals surface area contributed by atoms with Crippen molar-refractivity contribution in [1.29, 1.82) is 0 Å². The Hall–Kier alpha value is -2.56. The number of halogens is 1. The average Bonchev–Trinajstić information content (AvgIpc) is 3.20. The highest BCUT2D eigenvalue weighted by Gasteiger charge is 2.10. The maximum Gasteiger partial charge on any atom is 0.137 e. The number of rotatable bonds is 5. The zero-order chi connectivity index (χ0) is 16.4. The predicted molar refractivity (Wildman–Crippen MR) is 95.3 cm³/mol. The monoisotopic (exact) mass is 337 g/mol. The Morgan fingerprint density at radius 1 is 0.958 bits per heavy atom. The summed E-state index contributed by atoms with van der Waals surface area (Å²) in [4.78, 5) is 0. The molecule has 0 unspecified atom stereocenters. The van der Waals surface area contributed by atoms with Crippen LogP contribution in [0, 0.1) is 0 Å². The van der Waals surface area contributed by atoms with Crippen LogP contribution in [0.5, 0.6) is 0 Å². The third-order valence-electron chi connectivity index (χ3n) is 3.97. The lowest BCUT2D eigenvalue weighted by molar-refractivity contribution is 0.602. The molecule has 2 aromatic carbocycles. The molecule has 0 aliphatic rings. The summed E-state index contributed by atoms with van der Waals surface area (Å²) in [7, 11) is 0. The fourth-order valence-electron chi connectivity index (χ4n) is 2.74. The van der Waals surface area contributed by atoms with E-state index in [9.17, 15) is 0 Å². The van der Waals surface area contributed by atoms with Crippen molar-refractivity contribution in [3.8, 4) is 5.69 Å². The van der Waals surface area contributed by atoms with E-state index in [1.165, 1.54) is 0 Å². The van der Waals surface area contributed by atoms with Gasteiger partial charge in [-0.1, -0.05) is 48.0 Å². The fraction of sp³-hybridized carbons (Fsp3) is 0.105. The third kappa shape index (κ3) is 2.82. The Morgan fingerprint density at radius 3 is 2.58 bits per heavy atom. The van der Waals surface area contributed by atoms with Crippen LogP contribution in [0.25, 0.3) is 16.7 Å². The number of furan rings is 1. The van der Waals surface area contributed by atoms with Gasteiger partial charge in [-0.2, -0.15) is 5.10 Å². The molecule has 24 heavy (non-hydrogen) atoms. The second kappa shape index (κ2) is 6.51. The van der Waals surface area contributed by atoms with E-state index >= 15 is 0 Å². The highest BCUT2D eigenvalue weighted by Crippen LogP contribution is 2.22. The molecule has 5 heteroatoms. The molecule has 2 heterocycles. The maximum absolute atomic E-state index is 6.46. The van der Waals surface area contributed by atoms with Gasteiger partial charge in [0.1, 0.15) is 10.7 Å². The minimum absolute atomic E-state index is 0.630. The van der Waals surface area contributed by atoms with Crippen LogP contribution >= 0.6 is 11.6 Å². The van der Waals surface area contributed by atoms with Crippen molar-refractivity contribution in [1.82, 2.24) is 15.1 Å². The van der Waals surface area contributed by atoms with Crippen molar-refractivity contribution in [2.75, 3.05) is 0 Å². The molecule has 0 aliphatic carbocycles. The summed E-state index contributed by atoms with van der Waals surface area (Å²) in [6.45, 7) is 1.36. The van der Waals surface area contributed by atoms with Gasteiger partial charge in [-0.25, -0.2) is 4.68 Å². The number of benzene rings is 2. The van der Waals surface area contributed by atoms with Crippen LogP contribution in [-0.2, 0) is 13.1 Å². The molecule has 4 rings (SSSR count). The SMILES string of the molecule is Clc1c(CNCc2coc3ccccc23)cnn1-c1ccccc1. The van der Waals surface area contributed by atoms with Gasteiger partial charge in [0.2, 0.25) is 0 Å². The van der Waals surface area contributed by atoms with Gasteiger partial charge in [-0.05, 0) is 18.2 Å². The van der Waals surface area contributed by atoms with Crippen molar-refractivity contribution in [3.63, 3.8) is 0 Å². The Kier molecular flexibility index (Phi) is 4.07. The number of aromatic nitrogens is 2. The molecule has 2 aromatic heterocycles. The Labute approximate surface area is 144 Å². The van der Waals surface area contributed by atoms with E-state index in [1.807, 2.05) is 48.5 Å². The van der Waals surface area contributed by atoms with Crippen molar-refractivity contribution >= 4 is 22.6 Å². The number of fused-ring (bicyclic) bond motifs is 1. The topological polar surface area (TPSA) is 43.0 Å². The molecule has 120 valence electrons. The zero-order valence-electron chi connectivity index (χ0n) is 12.9. The van der Waals surface area contributed by atoms with Gasteiger partial charge >= 0.3 is 0 Å². The average molecular weight is 338 g/mol. The van der Waals surface area contributed by atoms with E-state index in [-0.39, 0.29) is 0 Å². The van der Waals surface area contributed by atoms with Gasteiger partial charge in [0, 0.05) is 29.6 Å². The Morgan fingerprint density at radius 2 is 1.71 bits per heavy atom. The van der Waals surface area contributed by atoms with Crippen LogP contribution in [0.1, 0.15) is 11.1 Å². The van der Waals surface area contributed by atoms with Crippen LogP contribution in [0.15, 0.2) is 71.5 Å². The van der Waals surface area contributed by atoms with Crippen molar-refractivity contribution < 1.29 is 4.42 Å². The molecule has 0 spiro atoms. The summed E-state index contributed by atoms with van der Waals surface area (Å²) in [5.41, 5.74) is 3.96. The molecule has 0 saturated heterocycles. The lowest BCUT2D eigenvalue weighted by Crippen LogP contribution is -2.12. The van der Waals surface area contributed by atoms with Crippen LogP contribution < -0.4 is 5.32 Å². The number of hydrogen-bond acceptors (Lipinski definition) is 3. The molecule has 0 radical (unpaired) electrons. The van der Waals surface area contributed by atoms with Gasteiger partial charge in [0.25, 0.3) is 0 Å². The maximum atomic E-state index is 6.46. The highest BCUT2D eigenvalue weighted by molar-refractivity contribution is 6.30. The minimum Gasteiger partial charge on any atom is -0.464 e. The van der Waals surface area contributed by atoms with Crippen molar-refractivity contribution in [3.05, 3.63) is 83.3 Å². The third-order valence-corrected chi connectivity index (χ3v) is 4.38. The Bertz CT molecular complexity index is 959. The fourth-order valence-corrected chi connectivity index (χ4v) is 2.99. The summed E-state index contributed by atoms with van der Waals surface area (Å²) in [5.74, 6) is 0. The van der Waals surface area contributed by atoms with E-state index in [0.29, 0.717) is 18.2 Å². The summed E-state index contributed by atoms with van der Waals surface area (Å²) >= 11 is 6.46. The number of nitrogens with one attached hydrogen (secondary N) is 1. The van der Waals surface area contributed by atoms with E-state index in [0.717, 1.165) is 27.8 Å². The molecule has 0 amide bonds. The normalized spacial score (nSPS) is 11.2. The second-order valence-electron chi connectivity index (χ2n) is 5.57. The first-order chi connectivity index (χ1) is 11.8. The standard InChI is InChI=1S/C19H16ClN3O/c20-19-14(12-22-23(19)16-6-2-1-3-7-16)10-21-11-15-13-24-18-9-5-4-8-17(15)18/h1-9,12-13,21H,10-11H2. The van der Waals surface area contributed by atoms with Gasteiger partial charge in [-0.3, -0.25) is 0 Å². The van der Waals surface area contributed by atoms with Crippen molar-refractivity contribution in [2.24, 2.45) is 0 Å². The highest BCUT2D eigenvalue weighted by atomic mass is 35.5. The van der Waals surface area contributed by atoms with E-state index < -0.39 is 0 Å². The lowest BCUT2D eigenvalue weighted by Gasteiger charge is -2.05. The molecule has 4 aromatic rings. The van der Waals surface area contributed by atoms with Gasteiger partial charge in [0.15, 0.2) is 0 Å². The molecule has 0 bridgehead atoms. The number of hydrogen-bond donors (Lipinski definition) is 1. The summed E-state index contributed by atoms with van der Waals surface area (Å²) < 4.78 is 7.30. The minimum atomic E-state index is 0.630. The number of nitrogens with zero attached hydrogens (tertiary/aromatic N) is 2. The van der Waals surface area contributed by atoms with Crippen LogP contribution in [0.2, 0.25) is 5.15 Å². The predicted octanol–water partition coefficient (Wildman–Crippen LogP) is 4.56. The van der Waals surface area contributed by atoms with Crippen LogP contribution in [-0.4, -0.2) is 9.78 Å².